The van der Waals surface area contributed by atoms with Gasteiger partial charge in [-0.05, 0) is 25.7 Å². The van der Waals surface area contributed by atoms with E-state index in [0.717, 1.165) is 19.4 Å². The Bertz CT molecular complexity index is 205. The summed E-state index contributed by atoms with van der Waals surface area (Å²) >= 11 is 0. The van der Waals surface area contributed by atoms with Crippen molar-refractivity contribution >= 4 is 0 Å². The molecular weight excluding hydrogens is 210 g/mol. The average molecular weight is 237 g/mol. The molecule has 0 saturated carbocycles. The van der Waals surface area contributed by atoms with Crippen molar-refractivity contribution in [2.24, 2.45) is 0 Å². The van der Waals surface area contributed by atoms with Gasteiger partial charge in [-0.25, -0.2) is 0 Å². The van der Waals surface area contributed by atoms with E-state index in [9.17, 15) is 0 Å². The van der Waals surface area contributed by atoms with E-state index in [1.165, 1.54) is 38.5 Å². The lowest BCUT2D eigenvalue weighted by Gasteiger charge is -1.99. The van der Waals surface area contributed by atoms with Gasteiger partial charge in [0.1, 0.15) is 0 Å². The van der Waals surface area contributed by atoms with Crippen molar-refractivity contribution in [2.45, 2.75) is 64.7 Å². The molecular formula is C15H27NO. The number of nitriles is 1. The molecule has 0 atom stereocenters. The first-order valence-electron chi connectivity index (χ1n) is 7.01. The smallest absolute Gasteiger partial charge is 0.0645 e. The van der Waals surface area contributed by atoms with Crippen LogP contribution < -0.4 is 0 Å². The summed E-state index contributed by atoms with van der Waals surface area (Å²) in [5.74, 6) is 0. The Kier molecular flexibility index (Phi) is 14.5. The second-order valence-corrected chi connectivity index (χ2v) is 4.34. The molecule has 0 aromatic heterocycles. The van der Waals surface area contributed by atoms with Crippen LogP contribution in [0.15, 0.2) is 12.2 Å². The van der Waals surface area contributed by atoms with Gasteiger partial charge in [0.2, 0.25) is 0 Å². The molecule has 2 nitrogen and oxygen atoms in total. The highest BCUT2D eigenvalue weighted by molar-refractivity contribution is 4.81. The second-order valence-electron chi connectivity index (χ2n) is 4.34. The molecule has 2 heteroatoms. The van der Waals surface area contributed by atoms with E-state index in [4.69, 9.17) is 10.00 Å². The van der Waals surface area contributed by atoms with Crippen molar-refractivity contribution in [3.8, 4) is 6.07 Å². The van der Waals surface area contributed by atoms with Gasteiger partial charge in [0.05, 0.1) is 19.1 Å². The average Bonchev–Trinajstić information content (AvgIpc) is 2.35. The van der Waals surface area contributed by atoms with Gasteiger partial charge in [-0.1, -0.05) is 44.8 Å². The minimum atomic E-state index is 0.508. The Morgan fingerprint density at radius 2 is 1.65 bits per heavy atom. The van der Waals surface area contributed by atoms with E-state index in [-0.39, 0.29) is 0 Å². The molecule has 0 aliphatic rings. The summed E-state index contributed by atoms with van der Waals surface area (Å²) in [5, 5.41) is 8.30. The van der Waals surface area contributed by atoms with E-state index < -0.39 is 0 Å². The molecule has 0 spiro atoms. The van der Waals surface area contributed by atoms with Crippen LogP contribution in [-0.4, -0.2) is 13.2 Å². The molecule has 0 aromatic carbocycles. The molecule has 0 aliphatic carbocycles. The van der Waals surface area contributed by atoms with Gasteiger partial charge in [0, 0.05) is 6.61 Å². The molecule has 0 radical (unpaired) electrons. The Morgan fingerprint density at radius 1 is 0.941 bits per heavy atom. The van der Waals surface area contributed by atoms with Crippen LogP contribution in [0.1, 0.15) is 64.7 Å². The molecule has 0 bridgehead atoms. The fourth-order valence-electron chi connectivity index (χ4n) is 1.62. The molecule has 0 rings (SSSR count). The molecule has 0 fully saturated rings. The van der Waals surface area contributed by atoms with Crippen molar-refractivity contribution in [3.63, 3.8) is 0 Å². The largest absolute Gasteiger partial charge is 0.380 e. The lowest BCUT2D eigenvalue weighted by atomic mass is 10.1. The summed E-state index contributed by atoms with van der Waals surface area (Å²) in [6.07, 6.45) is 15.2. The highest BCUT2D eigenvalue weighted by atomic mass is 16.5. The van der Waals surface area contributed by atoms with E-state index in [1.54, 1.807) is 0 Å². The normalized spacial score (nSPS) is 10.8. The first-order chi connectivity index (χ1) is 8.41. The molecule has 98 valence electrons. The maximum absolute atomic E-state index is 8.30. The molecule has 0 aromatic rings. The van der Waals surface area contributed by atoms with Crippen LogP contribution in [-0.2, 0) is 4.74 Å². The summed E-state index contributed by atoms with van der Waals surface area (Å²) < 4.78 is 5.29. The topological polar surface area (TPSA) is 33.0 Å². The fourth-order valence-corrected chi connectivity index (χ4v) is 1.62. The molecule has 0 saturated heterocycles. The first-order valence-corrected chi connectivity index (χ1v) is 7.01. The van der Waals surface area contributed by atoms with Gasteiger partial charge < -0.3 is 4.74 Å². The minimum absolute atomic E-state index is 0.508. The molecule has 0 N–H and O–H groups in total. The van der Waals surface area contributed by atoms with Gasteiger partial charge in [0.15, 0.2) is 0 Å². The zero-order valence-electron chi connectivity index (χ0n) is 11.3. The Balaban J connectivity index is 3.02. The highest BCUT2D eigenvalue weighted by Crippen LogP contribution is 2.05. The summed E-state index contributed by atoms with van der Waals surface area (Å²) in [5.41, 5.74) is 0. The second kappa shape index (κ2) is 15.2. The first kappa shape index (κ1) is 16.2. The summed E-state index contributed by atoms with van der Waals surface area (Å²) in [6.45, 7) is 3.61. The molecule has 0 aliphatic heterocycles. The Labute approximate surface area is 107 Å². The van der Waals surface area contributed by atoms with Crippen LogP contribution in [0.5, 0.6) is 0 Å². The van der Waals surface area contributed by atoms with Crippen LogP contribution in [0.25, 0.3) is 0 Å². The maximum atomic E-state index is 8.30. The third-order valence-electron chi connectivity index (χ3n) is 2.66. The predicted octanol–water partition coefficient (Wildman–Crippen LogP) is 4.61. The van der Waals surface area contributed by atoms with E-state index in [0.29, 0.717) is 13.0 Å². The summed E-state index contributed by atoms with van der Waals surface area (Å²) in [6, 6.07) is 2.07. The number of ether oxygens (including phenoxy) is 1. The van der Waals surface area contributed by atoms with Gasteiger partial charge >= 0.3 is 0 Å². The maximum Gasteiger partial charge on any atom is 0.0645 e. The third kappa shape index (κ3) is 15.2. The fraction of sp³-hybridized carbons (Fsp3) is 0.800. The van der Waals surface area contributed by atoms with Crippen molar-refractivity contribution in [3.05, 3.63) is 12.2 Å². The zero-order valence-corrected chi connectivity index (χ0v) is 11.3. The van der Waals surface area contributed by atoms with Gasteiger partial charge in [-0.3, -0.25) is 0 Å². The minimum Gasteiger partial charge on any atom is -0.380 e. The third-order valence-corrected chi connectivity index (χ3v) is 2.66. The van der Waals surface area contributed by atoms with Crippen molar-refractivity contribution in [1.82, 2.24) is 0 Å². The lowest BCUT2D eigenvalue weighted by Crippen LogP contribution is -1.95. The Hall–Kier alpha value is -0.810. The van der Waals surface area contributed by atoms with Crippen molar-refractivity contribution in [1.29, 1.82) is 5.26 Å². The number of hydrogen-bond acceptors (Lipinski definition) is 2. The summed E-state index contributed by atoms with van der Waals surface area (Å²) in [7, 11) is 0. The highest BCUT2D eigenvalue weighted by Gasteiger charge is 1.88. The quantitative estimate of drug-likeness (QED) is 0.367. The van der Waals surface area contributed by atoms with Gasteiger partial charge in [0.25, 0.3) is 0 Å². The van der Waals surface area contributed by atoms with Gasteiger partial charge in [-0.2, -0.15) is 5.26 Å². The van der Waals surface area contributed by atoms with E-state index in [1.807, 2.05) is 0 Å². The number of unbranched alkanes of at least 4 members (excludes halogenated alkanes) is 6. The lowest BCUT2D eigenvalue weighted by molar-refractivity contribution is 0.138. The Morgan fingerprint density at radius 3 is 2.35 bits per heavy atom. The van der Waals surface area contributed by atoms with Crippen LogP contribution >= 0.6 is 0 Å². The van der Waals surface area contributed by atoms with Crippen LogP contribution in [0.4, 0.5) is 0 Å². The van der Waals surface area contributed by atoms with Crippen molar-refractivity contribution in [2.75, 3.05) is 13.2 Å². The molecule has 0 heterocycles. The van der Waals surface area contributed by atoms with Crippen LogP contribution in [0.2, 0.25) is 0 Å². The zero-order chi connectivity index (χ0) is 12.6. The predicted molar refractivity (Wildman–Crippen MR) is 72.8 cm³/mol. The standard InChI is InChI=1S/C15H27NO/c1-2-3-4-5-6-7-8-9-10-11-14-17-15-12-13-16/h8-9H,2-7,10-12,14-15H2,1H3/b9-8+. The number of allylic oxidation sites excluding steroid dienone is 2. The molecule has 0 amide bonds. The summed E-state index contributed by atoms with van der Waals surface area (Å²) in [4.78, 5) is 0. The van der Waals surface area contributed by atoms with E-state index >= 15 is 0 Å². The van der Waals surface area contributed by atoms with Crippen molar-refractivity contribution < 1.29 is 4.74 Å². The number of hydrogen-bond donors (Lipinski definition) is 0. The van der Waals surface area contributed by atoms with E-state index in [2.05, 4.69) is 25.1 Å². The molecule has 17 heavy (non-hydrogen) atoms. The SMILES string of the molecule is CCCCCCC/C=C/CCCOCCC#N. The molecule has 0 unspecified atom stereocenters. The number of rotatable bonds is 12. The number of nitrogens with zero attached hydrogens (tertiary/aromatic N) is 1. The van der Waals surface area contributed by atoms with Crippen LogP contribution in [0.3, 0.4) is 0 Å². The monoisotopic (exact) mass is 237 g/mol. The van der Waals surface area contributed by atoms with Gasteiger partial charge in [-0.15, -0.1) is 0 Å². The van der Waals surface area contributed by atoms with Crippen LogP contribution in [0, 0.1) is 11.3 Å².